The molecule has 1 saturated heterocycles. The number of hydrogen-bond acceptors (Lipinski definition) is 3. The molecule has 116 valence electrons. The quantitative estimate of drug-likeness (QED) is 0.922. The fourth-order valence-electron chi connectivity index (χ4n) is 3.78. The highest BCUT2D eigenvalue weighted by Crippen LogP contribution is 2.33. The second kappa shape index (κ2) is 6.07. The Morgan fingerprint density at radius 3 is 2.76 bits per heavy atom. The first-order valence-corrected chi connectivity index (χ1v) is 8.19. The summed E-state index contributed by atoms with van der Waals surface area (Å²) in [6.07, 6.45) is 4.70. The van der Waals surface area contributed by atoms with Gasteiger partial charge in [-0.3, -0.25) is 0 Å². The maximum absolute atomic E-state index is 5.56. The number of benzene rings is 1. The maximum atomic E-state index is 5.56. The molecule has 2 aliphatic rings. The van der Waals surface area contributed by atoms with Crippen LogP contribution in [0.2, 0.25) is 0 Å². The Morgan fingerprint density at radius 1 is 1.29 bits per heavy atom. The summed E-state index contributed by atoms with van der Waals surface area (Å²) in [7, 11) is 4.42. The lowest BCUT2D eigenvalue weighted by molar-refractivity contribution is -0.00827. The van der Waals surface area contributed by atoms with Gasteiger partial charge in [0.25, 0.3) is 0 Å². The van der Waals surface area contributed by atoms with Gasteiger partial charge >= 0.3 is 0 Å². The first kappa shape index (κ1) is 15.0. The maximum Gasteiger partial charge on any atom is 0.0484 e. The van der Waals surface area contributed by atoms with E-state index in [1.165, 1.54) is 29.5 Å². The van der Waals surface area contributed by atoms with Crippen LogP contribution in [-0.4, -0.2) is 44.3 Å². The van der Waals surface area contributed by atoms with E-state index >= 15 is 0 Å². The van der Waals surface area contributed by atoms with Gasteiger partial charge in [-0.2, -0.15) is 0 Å². The van der Waals surface area contributed by atoms with Crippen LogP contribution in [0.3, 0.4) is 0 Å². The summed E-state index contributed by atoms with van der Waals surface area (Å²) >= 11 is 0. The summed E-state index contributed by atoms with van der Waals surface area (Å²) in [6.45, 7) is 5.03. The molecule has 1 unspecified atom stereocenters. The van der Waals surface area contributed by atoms with Crippen LogP contribution in [0.5, 0.6) is 0 Å². The van der Waals surface area contributed by atoms with Gasteiger partial charge < -0.3 is 15.0 Å². The highest BCUT2D eigenvalue weighted by Gasteiger charge is 2.35. The van der Waals surface area contributed by atoms with Gasteiger partial charge in [0.05, 0.1) is 0 Å². The standard InChI is InChI=1S/C18H28N2O/c1-14-4-5-15-6-7-17(16(15)12-14)19-13-18(20(2)3)8-10-21-11-9-18/h4-5,12,17,19H,6-11,13H2,1-3H3. The molecule has 1 aliphatic heterocycles. The Balaban J connectivity index is 1.69. The van der Waals surface area contributed by atoms with Gasteiger partial charge in [-0.25, -0.2) is 0 Å². The minimum Gasteiger partial charge on any atom is -0.381 e. The van der Waals surface area contributed by atoms with Crippen LogP contribution < -0.4 is 5.32 Å². The normalized spacial score (nSPS) is 24.3. The van der Waals surface area contributed by atoms with Crippen LogP contribution in [0.4, 0.5) is 0 Å². The number of likely N-dealkylation sites (N-methyl/N-ethyl adjacent to an activating group) is 1. The van der Waals surface area contributed by atoms with Gasteiger partial charge in [0.15, 0.2) is 0 Å². The molecule has 21 heavy (non-hydrogen) atoms. The van der Waals surface area contributed by atoms with E-state index in [0.29, 0.717) is 6.04 Å². The molecule has 1 heterocycles. The third-order valence-electron chi connectivity index (χ3n) is 5.43. The second-order valence-corrected chi connectivity index (χ2v) is 6.91. The average molecular weight is 288 g/mol. The monoisotopic (exact) mass is 288 g/mol. The van der Waals surface area contributed by atoms with Gasteiger partial charge in [0, 0.05) is 31.3 Å². The molecule has 3 rings (SSSR count). The summed E-state index contributed by atoms with van der Waals surface area (Å²) in [4.78, 5) is 2.40. The van der Waals surface area contributed by atoms with Crippen LogP contribution in [0, 0.1) is 6.92 Å². The van der Waals surface area contributed by atoms with E-state index in [4.69, 9.17) is 4.74 Å². The molecule has 1 aliphatic carbocycles. The lowest BCUT2D eigenvalue weighted by atomic mass is 9.88. The van der Waals surface area contributed by atoms with Crippen molar-refractivity contribution in [1.82, 2.24) is 10.2 Å². The Bertz CT molecular complexity index is 492. The van der Waals surface area contributed by atoms with Crippen LogP contribution in [0.15, 0.2) is 18.2 Å². The Morgan fingerprint density at radius 2 is 2.05 bits per heavy atom. The van der Waals surface area contributed by atoms with Crippen molar-refractivity contribution < 1.29 is 4.74 Å². The molecule has 0 aromatic heterocycles. The van der Waals surface area contributed by atoms with Crippen molar-refractivity contribution in [3.8, 4) is 0 Å². The molecule has 1 N–H and O–H groups in total. The summed E-state index contributed by atoms with van der Waals surface area (Å²) in [5.74, 6) is 0. The third-order valence-corrected chi connectivity index (χ3v) is 5.43. The topological polar surface area (TPSA) is 24.5 Å². The fraction of sp³-hybridized carbons (Fsp3) is 0.667. The number of ether oxygens (including phenoxy) is 1. The minimum absolute atomic E-state index is 0.255. The van der Waals surface area contributed by atoms with Crippen molar-refractivity contribution in [2.45, 2.75) is 44.2 Å². The molecule has 1 atom stereocenters. The summed E-state index contributed by atoms with van der Waals surface area (Å²) in [5.41, 5.74) is 4.68. The fourth-order valence-corrected chi connectivity index (χ4v) is 3.78. The molecular weight excluding hydrogens is 260 g/mol. The van der Waals surface area contributed by atoms with Gasteiger partial charge in [-0.15, -0.1) is 0 Å². The van der Waals surface area contributed by atoms with Crippen molar-refractivity contribution in [3.05, 3.63) is 34.9 Å². The van der Waals surface area contributed by atoms with Crippen LogP contribution in [-0.2, 0) is 11.2 Å². The number of hydrogen-bond donors (Lipinski definition) is 1. The van der Waals surface area contributed by atoms with E-state index in [2.05, 4.69) is 49.4 Å². The highest BCUT2D eigenvalue weighted by atomic mass is 16.5. The lowest BCUT2D eigenvalue weighted by Gasteiger charge is -2.43. The number of aryl methyl sites for hydroxylation is 2. The molecule has 0 radical (unpaired) electrons. The van der Waals surface area contributed by atoms with E-state index in [1.54, 1.807) is 0 Å². The SMILES string of the molecule is Cc1ccc2c(c1)C(NCC1(N(C)C)CCOCC1)CC2. The van der Waals surface area contributed by atoms with E-state index < -0.39 is 0 Å². The van der Waals surface area contributed by atoms with Gasteiger partial charge in [0.1, 0.15) is 0 Å². The van der Waals surface area contributed by atoms with Crippen LogP contribution >= 0.6 is 0 Å². The number of fused-ring (bicyclic) bond motifs is 1. The summed E-state index contributed by atoms with van der Waals surface area (Å²) in [5, 5.41) is 3.86. The molecule has 1 fully saturated rings. The zero-order valence-corrected chi connectivity index (χ0v) is 13.6. The molecule has 1 aromatic rings. The molecule has 3 nitrogen and oxygen atoms in total. The van der Waals surface area contributed by atoms with Crippen LogP contribution in [0.25, 0.3) is 0 Å². The Labute approximate surface area is 128 Å². The third kappa shape index (κ3) is 3.01. The van der Waals surface area contributed by atoms with E-state index in [0.717, 1.165) is 32.6 Å². The molecule has 0 amide bonds. The zero-order valence-electron chi connectivity index (χ0n) is 13.6. The Hall–Kier alpha value is -0.900. The largest absolute Gasteiger partial charge is 0.381 e. The molecule has 3 heteroatoms. The molecule has 0 saturated carbocycles. The number of nitrogens with zero attached hydrogens (tertiary/aromatic N) is 1. The summed E-state index contributed by atoms with van der Waals surface area (Å²) in [6, 6.07) is 7.44. The van der Waals surface area contributed by atoms with Crippen molar-refractivity contribution in [1.29, 1.82) is 0 Å². The molecule has 0 spiro atoms. The number of nitrogens with one attached hydrogen (secondary N) is 1. The Kier molecular flexibility index (Phi) is 4.34. The van der Waals surface area contributed by atoms with E-state index in [9.17, 15) is 0 Å². The van der Waals surface area contributed by atoms with Gasteiger partial charge in [-0.1, -0.05) is 23.8 Å². The molecule has 1 aromatic carbocycles. The van der Waals surface area contributed by atoms with E-state index in [1.807, 2.05) is 0 Å². The minimum atomic E-state index is 0.255. The summed E-state index contributed by atoms with van der Waals surface area (Å²) < 4.78 is 5.56. The van der Waals surface area contributed by atoms with Crippen LogP contribution in [0.1, 0.15) is 42.0 Å². The molecular formula is C18H28N2O. The predicted octanol–water partition coefficient (Wildman–Crippen LogP) is 2.68. The average Bonchev–Trinajstić information content (AvgIpc) is 2.88. The van der Waals surface area contributed by atoms with Crippen molar-refractivity contribution in [3.63, 3.8) is 0 Å². The van der Waals surface area contributed by atoms with Crippen molar-refractivity contribution in [2.75, 3.05) is 33.9 Å². The first-order valence-electron chi connectivity index (χ1n) is 8.19. The van der Waals surface area contributed by atoms with Crippen molar-refractivity contribution >= 4 is 0 Å². The second-order valence-electron chi connectivity index (χ2n) is 6.91. The van der Waals surface area contributed by atoms with E-state index in [-0.39, 0.29) is 5.54 Å². The smallest absolute Gasteiger partial charge is 0.0484 e. The van der Waals surface area contributed by atoms with Gasteiger partial charge in [0.2, 0.25) is 0 Å². The zero-order chi connectivity index (χ0) is 14.9. The van der Waals surface area contributed by atoms with Crippen molar-refractivity contribution in [2.24, 2.45) is 0 Å². The van der Waals surface area contributed by atoms with Gasteiger partial charge in [-0.05, 0) is 57.8 Å². The highest BCUT2D eigenvalue weighted by molar-refractivity contribution is 5.37. The predicted molar refractivity (Wildman–Crippen MR) is 86.7 cm³/mol. The first-order chi connectivity index (χ1) is 10.1. The molecule has 0 bridgehead atoms. The number of rotatable bonds is 4. The lowest BCUT2D eigenvalue weighted by Crippen LogP contribution is -2.55.